The Morgan fingerprint density at radius 2 is 2.45 bits per heavy atom. The molecular formula is C7H10N2O2. The van der Waals surface area contributed by atoms with Crippen molar-refractivity contribution in [2.75, 3.05) is 6.61 Å². The van der Waals surface area contributed by atoms with Gasteiger partial charge < -0.3 is 5.32 Å². The molecule has 0 saturated heterocycles. The molecule has 1 rings (SSSR count). The summed E-state index contributed by atoms with van der Waals surface area (Å²) in [6.45, 7) is 0.0953. The van der Waals surface area contributed by atoms with Crippen molar-refractivity contribution in [2.24, 2.45) is 0 Å². The average Bonchev–Trinajstić information content (AvgIpc) is 2.72. The molecule has 0 bridgehead atoms. The van der Waals surface area contributed by atoms with Crippen LogP contribution in [0.4, 0.5) is 4.79 Å². The van der Waals surface area contributed by atoms with Gasteiger partial charge in [0.05, 0.1) is 0 Å². The van der Waals surface area contributed by atoms with Gasteiger partial charge in [-0.1, -0.05) is 5.92 Å². The Kier molecular flexibility index (Phi) is 2.75. The van der Waals surface area contributed by atoms with E-state index in [1.807, 2.05) is 0 Å². The zero-order valence-corrected chi connectivity index (χ0v) is 6.09. The number of nitrogens with one attached hydrogen (secondary N) is 2. The van der Waals surface area contributed by atoms with Crippen LogP contribution in [0.25, 0.3) is 0 Å². The molecule has 0 unspecified atom stereocenters. The fourth-order valence-electron chi connectivity index (χ4n) is 0.586. The molecule has 4 nitrogen and oxygen atoms in total. The monoisotopic (exact) mass is 154 g/mol. The predicted octanol–water partition coefficient (Wildman–Crippen LogP) is 0.0128. The molecule has 1 saturated carbocycles. The van der Waals surface area contributed by atoms with E-state index in [0.717, 1.165) is 12.8 Å². The average molecular weight is 154 g/mol. The minimum absolute atomic E-state index is 0.0953. The van der Waals surface area contributed by atoms with Crippen LogP contribution in [-0.2, 0) is 4.84 Å². The third kappa shape index (κ3) is 3.48. The Bertz CT molecular complexity index is 181. The largest absolute Gasteiger partial charge is 0.338 e. The van der Waals surface area contributed by atoms with E-state index in [-0.39, 0.29) is 12.6 Å². The summed E-state index contributed by atoms with van der Waals surface area (Å²) in [6.07, 6.45) is 7.00. The van der Waals surface area contributed by atoms with Crippen molar-refractivity contribution >= 4 is 6.03 Å². The smallest absolute Gasteiger partial charge is 0.334 e. The number of hydrogen-bond donors (Lipinski definition) is 2. The normalized spacial score (nSPS) is 15.2. The fraction of sp³-hybridized carbons (Fsp3) is 0.571. The number of rotatable bonds is 3. The van der Waals surface area contributed by atoms with Crippen LogP contribution >= 0.6 is 0 Å². The molecule has 0 aromatic carbocycles. The minimum atomic E-state index is -0.317. The van der Waals surface area contributed by atoms with Gasteiger partial charge >= 0.3 is 6.03 Å². The summed E-state index contributed by atoms with van der Waals surface area (Å²) in [5, 5.41) is 2.67. The van der Waals surface area contributed by atoms with Crippen LogP contribution in [0.5, 0.6) is 0 Å². The number of urea groups is 1. The summed E-state index contributed by atoms with van der Waals surface area (Å²) in [4.78, 5) is 15.3. The Balaban J connectivity index is 1.97. The van der Waals surface area contributed by atoms with Gasteiger partial charge in [0.2, 0.25) is 0 Å². The van der Waals surface area contributed by atoms with Gasteiger partial charge in [0.1, 0.15) is 6.61 Å². The van der Waals surface area contributed by atoms with Crippen LogP contribution in [-0.4, -0.2) is 18.7 Å². The second kappa shape index (κ2) is 3.84. The van der Waals surface area contributed by atoms with Crippen molar-refractivity contribution in [3.05, 3.63) is 0 Å². The van der Waals surface area contributed by atoms with E-state index in [1.165, 1.54) is 0 Å². The van der Waals surface area contributed by atoms with Crippen LogP contribution in [0.2, 0.25) is 0 Å². The van der Waals surface area contributed by atoms with Crippen LogP contribution in [0.3, 0.4) is 0 Å². The van der Waals surface area contributed by atoms with Crippen molar-refractivity contribution in [3.8, 4) is 12.3 Å². The number of hydroxylamine groups is 1. The molecule has 2 N–H and O–H groups in total. The lowest BCUT2D eigenvalue weighted by molar-refractivity contribution is 0.0848. The van der Waals surface area contributed by atoms with Gasteiger partial charge in [0.15, 0.2) is 0 Å². The minimum Gasteiger partial charge on any atom is -0.334 e. The third-order valence-electron chi connectivity index (χ3n) is 1.23. The topological polar surface area (TPSA) is 50.4 Å². The lowest BCUT2D eigenvalue weighted by atomic mass is 10.7. The second-order valence-electron chi connectivity index (χ2n) is 2.34. The van der Waals surface area contributed by atoms with Crippen LogP contribution in [0.1, 0.15) is 12.8 Å². The van der Waals surface area contributed by atoms with Crippen molar-refractivity contribution < 1.29 is 9.63 Å². The molecule has 11 heavy (non-hydrogen) atoms. The summed E-state index contributed by atoms with van der Waals surface area (Å²) in [7, 11) is 0. The predicted molar refractivity (Wildman–Crippen MR) is 39.5 cm³/mol. The molecule has 0 aromatic heterocycles. The molecule has 4 heteroatoms. The van der Waals surface area contributed by atoms with Gasteiger partial charge in [-0.3, -0.25) is 4.84 Å². The summed E-state index contributed by atoms with van der Waals surface area (Å²) >= 11 is 0. The van der Waals surface area contributed by atoms with Gasteiger partial charge in [0, 0.05) is 6.04 Å². The highest BCUT2D eigenvalue weighted by molar-refractivity contribution is 5.73. The quantitative estimate of drug-likeness (QED) is 0.342. The maximum Gasteiger partial charge on any atom is 0.338 e. The lowest BCUT2D eigenvalue weighted by Gasteiger charge is -2.03. The van der Waals surface area contributed by atoms with Crippen LogP contribution in [0.15, 0.2) is 0 Å². The summed E-state index contributed by atoms with van der Waals surface area (Å²) in [6, 6.07) is 0.0205. The first-order chi connectivity index (χ1) is 5.33. The Hall–Kier alpha value is -1.21. The number of hydrogen-bond acceptors (Lipinski definition) is 2. The van der Waals surface area contributed by atoms with E-state index in [1.54, 1.807) is 0 Å². The first-order valence-corrected chi connectivity index (χ1v) is 3.44. The van der Waals surface area contributed by atoms with Crippen molar-refractivity contribution in [1.29, 1.82) is 0 Å². The Labute approximate surface area is 65.3 Å². The zero-order valence-electron chi connectivity index (χ0n) is 6.09. The Morgan fingerprint density at radius 3 is 3.00 bits per heavy atom. The summed E-state index contributed by atoms with van der Waals surface area (Å²) < 4.78 is 0. The SMILES string of the molecule is C#CCONC(=O)NC1CC1. The molecule has 1 aliphatic rings. The molecule has 0 spiro atoms. The highest BCUT2D eigenvalue weighted by Crippen LogP contribution is 2.17. The highest BCUT2D eigenvalue weighted by atomic mass is 16.7. The Morgan fingerprint density at radius 1 is 1.73 bits per heavy atom. The van der Waals surface area contributed by atoms with Gasteiger partial charge in [0.25, 0.3) is 0 Å². The fourth-order valence-corrected chi connectivity index (χ4v) is 0.586. The van der Waals surface area contributed by atoms with Gasteiger partial charge in [-0.15, -0.1) is 6.42 Å². The number of carbonyl (C=O) groups excluding carboxylic acids is 1. The standard InChI is InChI=1S/C7H10N2O2/c1-2-5-11-9-7(10)8-6-3-4-6/h1,6H,3-5H2,(H2,8,9,10). The zero-order chi connectivity index (χ0) is 8.10. The van der Waals surface area contributed by atoms with E-state index in [4.69, 9.17) is 6.42 Å². The van der Waals surface area contributed by atoms with Crippen molar-refractivity contribution in [2.45, 2.75) is 18.9 Å². The molecule has 2 amide bonds. The van der Waals surface area contributed by atoms with Gasteiger partial charge in [-0.2, -0.15) is 0 Å². The molecule has 1 fully saturated rings. The molecule has 0 aliphatic heterocycles. The van der Waals surface area contributed by atoms with E-state index in [2.05, 4.69) is 21.6 Å². The molecule has 0 atom stereocenters. The van der Waals surface area contributed by atoms with E-state index < -0.39 is 0 Å². The molecule has 60 valence electrons. The second-order valence-corrected chi connectivity index (χ2v) is 2.34. The van der Waals surface area contributed by atoms with Gasteiger partial charge in [-0.05, 0) is 12.8 Å². The van der Waals surface area contributed by atoms with Crippen LogP contribution in [0, 0.1) is 12.3 Å². The van der Waals surface area contributed by atoms with Gasteiger partial charge in [-0.25, -0.2) is 10.3 Å². The molecule has 0 aromatic rings. The maximum atomic E-state index is 10.8. The summed E-state index contributed by atoms with van der Waals surface area (Å²) in [5.74, 6) is 2.23. The highest BCUT2D eigenvalue weighted by Gasteiger charge is 2.22. The molecule has 0 radical (unpaired) electrons. The van der Waals surface area contributed by atoms with Crippen LogP contribution < -0.4 is 10.8 Å². The first kappa shape index (κ1) is 7.89. The lowest BCUT2D eigenvalue weighted by Crippen LogP contribution is -2.36. The number of carbonyl (C=O) groups is 1. The first-order valence-electron chi connectivity index (χ1n) is 3.44. The van der Waals surface area contributed by atoms with E-state index in [0.29, 0.717) is 6.04 Å². The maximum absolute atomic E-state index is 10.8. The van der Waals surface area contributed by atoms with E-state index in [9.17, 15) is 4.79 Å². The van der Waals surface area contributed by atoms with Crippen molar-refractivity contribution in [3.63, 3.8) is 0 Å². The molecule has 1 aliphatic carbocycles. The van der Waals surface area contributed by atoms with E-state index >= 15 is 0 Å². The number of amides is 2. The van der Waals surface area contributed by atoms with Crippen molar-refractivity contribution in [1.82, 2.24) is 10.8 Å². The molecule has 0 heterocycles. The third-order valence-corrected chi connectivity index (χ3v) is 1.23. The summed E-state index contributed by atoms with van der Waals surface area (Å²) in [5.41, 5.74) is 2.16. The number of terminal acetylenes is 1. The molecular weight excluding hydrogens is 144 g/mol.